The summed E-state index contributed by atoms with van der Waals surface area (Å²) < 4.78 is 45.3. The van der Waals surface area contributed by atoms with Gasteiger partial charge in [-0.2, -0.15) is 18.2 Å². The zero-order valence-corrected chi connectivity index (χ0v) is 14.6. The van der Waals surface area contributed by atoms with Gasteiger partial charge in [0.15, 0.2) is 5.69 Å². The minimum atomic E-state index is -4.50. The molecule has 1 saturated carbocycles. The lowest BCUT2D eigenvalue weighted by Gasteiger charge is -2.57. The fraction of sp³-hybridized carbons (Fsp3) is 0.750. The minimum Gasteiger partial charge on any atom is -0.377 e. The summed E-state index contributed by atoms with van der Waals surface area (Å²) in [6, 6.07) is 1.04. The first-order chi connectivity index (χ1) is 11.0. The highest BCUT2D eigenvalue weighted by atomic mass is 19.4. The third-order valence-corrected chi connectivity index (χ3v) is 5.22. The maximum Gasteiger partial charge on any atom is 0.433 e. The molecular formula is C16H23F3N4O. The monoisotopic (exact) mass is 344 g/mol. The fourth-order valence-corrected chi connectivity index (χ4v) is 4.16. The Labute approximate surface area is 139 Å². The molecule has 2 heterocycles. The Bertz CT molecular complexity index is 632. The summed E-state index contributed by atoms with van der Waals surface area (Å²) in [4.78, 5) is 11.5. The van der Waals surface area contributed by atoms with Crippen LogP contribution in [0.25, 0.3) is 0 Å². The van der Waals surface area contributed by atoms with E-state index in [9.17, 15) is 13.2 Å². The van der Waals surface area contributed by atoms with E-state index in [0.717, 1.165) is 12.5 Å². The second kappa shape index (κ2) is 5.47. The maximum atomic E-state index is 13.2. The first-order valence-electron chi connectivity index (χ1n) is 8.01. The van der Waals surface area contributed by atoms with Crippen LogP contribution in [0.1, 0.15) is 26.0 Å². The number of hydrogen-bond acceptors (Lipinski definition) is 5. The van der Waals surface area contributed by atoms with Gasteiger partial charge in [0.2, 0.25) is 5.95 Å². The third-order valence-electron chi connectivity index (χ3n) is 5.22. The van der Waals surface area contributed by atoms with E-state index in [1.54, 1.807) is 30.9 Å². The van der Waals surface area contributed by atoms with E-state index in [4.69, 9.17) is 4.74 Å². The SMILES string of the molecule is CN(C)c1cc(C(F)(F)F)nc(N(C)C2C3CCOC3C2(C)C)n1. The number of ether oxygens (including phenoxy) is 1. The van der Waals surface area contributed by atoms with Gasteiger partial charge in [-0.15, -0.1) is 0 Å². The van der Waals surface area contributed by atoms with Crippen LogP contribution >= 0.6 is 0 Å². The summed E-state index contributed by atoms with van der Waals surface area (Å²) >= 11 is 0. The van der Waals surface area contributed by atoms with Gasteiger partial charge in [0.05, 0.1) is 6.10 Å². The van der Waals surface area contributed by atoms with Gasteiger partial charge in [0.25, 0.3) is 0 Å². The summed E-state index contributed by atoms with van der Waals surface area (Å²) in [5.74, 6) is 0.665. The smallest absolute Gasteiger partial charge is 0.377 e. The Hall–Kier alpha value is -1.57. The molecule has 0 radical (unpaired) electrons. The van der Waals surface area contributed by atoms with E-state index in [2.05, 4.69) is 23.8 Å². The van der Waals surface area contributed by atoms with Crippen LogP contribution in [0.5, 0.6) is 0 Å². The van der Waals surface area contributed by atoms with E-state index in [-0.39, 0.29) is 29.3 Å². The van der Waals surface area contributed by atoms with Crippen molar-refractivity contribution in [1.82, 2.24) is 9.97 Å². The highest BCUT2D eigenvalue weighted by Gasteiger charge is 2.61. The average molecular weight is 344 g/mol. The molecule has 134 valence electrons. The fourth-order valence-electron chi connectivity index (χ4n) is 4.16. The number of alkyl halides is 3. The molecule has 0 aromatic carbocycles. The summed E-state index contributed by atoms with van der Waals surface area (Å²) in [6.07, 6.45) is -3.43. The zero-order valence-electron chi connectivity index (χ0n) is 14.6. The van der Waals surface area contributed by atoms with Gasteiger partial charge in [-0.05, 0) is 6.42 Å². The first-order valence-corrected chi connectivity index (χ1v) is 8.01. The lowest BCUT2D eigenvalue weighted by molar-refractivity contribution is -0.141. The molecule has 1 aromatic heterocycles. The molecule has 0 spiro atoms. The van der Waals surface area contributed by atoms with Crippen molar-refractivity contribution in [3.8, 4) is 0 Å². The summed E-state index contributed by atoms with van der Waals surface area (Å²) in [5.41, 5.74) is -1.06. The van der Waals surface area contributed by atoms with Crippen LogP contribution in [0.2, 0.25) is 0 Å². The third kappa shape index (κ3) is 2.60. The van der Waals surface area contributed by atoms with Crippen molar-refractivity contribution in [2.24, 2.45) is 11.3 Å². The Morgan fingerprint density at radius 1 is 1.21 bits per heavy atom. The van der Waals surface area contributed by atoms with Crippen LogP contribution < -0.4 is 9.80 Å². The van der Waals surface area contributed by atoms with Crippen molar-refractivity contribution >= 4 is 11.8 Å². The molecule has 5 nitrogen and oxygen atoms in total. The van der Waals surface area contributed by atoms with Gasteiger partial charge >= 0.3 is 6.18 Å². The second-order valence-corrected chi connectivity index (χ2v) is 7.42. The Kier molecular flexibility index (Phi) is 3.94. The molecule has 0 bridgehead atoms. The van der Waals surface area contributed by atoms with Gasteiger partial charge < -0.3 is 14.5 Å². The van der Waals surface area contributed by atoms with Gasteiger partial charge in [0, 0.05) is 51.2 Å². The molecule has 8 heteroatoms. The molecular weight excluding hydrogens is 321 g/mol. The van der Waals surface area contributed by atoms with Gasteiger partial charge in [-0.25, -0.2) is 4.98 Å². The number of rotatable bonds is 3. The van der Waals surface area contributed by atoms with Crippen molar-refractivity contribution in [3.63, 3.8) is 0 Å². The first kappa shape index (κ1) is 17.3. The second-order valence-electron chi connectivity index (χ2n) is 7.42. The molecule has 0 N–H and O–H groups in total. The van der Waals surface area contributed by atoms with E-state index in [0.29, 0.717) is 12.5 Å². The normalized spacial score (nSPS) is 28.2. The van der Waals surface area contributed by atoms with Crippen LogP contribution in [0, 0.1) is 11.3 Å². The van der Waals surface area contributed by atoms with Crippen molar-refractivity contribution in [2.45, 2.75) is 38.6 Å². The molecule has 1 aliphatic carbocycles. The van der Waals surface area contributed by atoms with Crippen LogP contribution in [0.15, 0.2) is 6.07 Å². The van der Waals surface area contributed by atoms with Crippen LogP contribution in [0.4, 0.5) is 24.9 Å². The molecule has 3 unspecified atom stereocenters. The Balaban J connectivity index is 1.97. The molecule has 1 aromatic rings. The van der Waals surface area contributed by atoms with Gasteiger partial charge in [-0.3, -0.25) is 0 Å². The zero-order chi connectivity index (χ0) is 17.9. The summed E-state index contributed by atoms with van der Waals surface area (Å²) in [6.45, 7) is 4.87. The van der Waals surface area contributed by atoms with E-state index >= 15 is 0 Å². The maximum absolute atomic E-state index is 13.2. The summed E-state index contributed by atoms with van der Waals surface area (Å²) in [5, 5.41) is 0. The molecule has 1 aliphatic heterocycles. The van der Waals surface area contributed by atoms with Crippen molar-refractivity contribution in [3.05, 3.63) is 11.8 Å². The molecule has 0 amide bonds. The van der Waals surface area contributed by atoms with Crippen molar-refractivity contribution in [1.29, 1.82) is 0 Å². The lowest BCUT2D eigenvalue weighted by Crippen LogP contribution is -2.66. The van der Waals surface area contributed by atoms with Crippen molar-refractivity contribution in [2.75, 3.05) is 37.5 Å². The van der Waals surface area contributed by atoms with Crippen LogP contribution in [-0.4, -0.2) is 49.9 Å². The largest absolute Gasteiger partial charge is 0.433 e. The van der Waals surface area contributed by atoms with Gasteiger partial charge in [-0.1, -0.05) is 13.8 Å². The standard InChI is InChI=1S/C16H23F3N4O/c1-15(2)12(9-6-7-24-13(9)15)23(5)14-20-10(16(17,18)19)8-11(21-14)22(3)4/h8-9,12-13H,6-7H2,1-5H3. The molecule has 3 atom stereocenters. The predicted molar refractivity (Wildman–Crippen MR) is 85.2 cm³/mol. The number of fused-ring (bicyclic) bond motifs is 1. The number of halogens is 3. The van der Waals surface area contributed by atoms with Gasteiger partial charge in [0.1, 0.15) is 5.82 Å². The van der Waals surface area contributed by atoms with Crippen LogP contribution in [-0.2, 0) is 10.9 Å². The van der Waals surface area contributed by atoms with Crippen LogP contribution in [0.3, 0.4) is 0 Å². The highest BCUT2D eigenvalue weighted by molar-refractivity contribution is 5.47. The molecule has 2 aliphatic rings. The average Bonchev–Trinajstić information content (AvgIpc) is 2.92. The van der Waals surface area contributed by atoms with E-state index in [1.807, 2.05) is 0 Å². The number of nitrogens with zero attached hydrogens (tertiary/aromatic N) is 4. The van der Waals surface area contributed by atoms with Crippen molar-refractivity contribution < 1.29 is 17.9 Å². The molecule has 24 heavy (non-hydrogen) atoms. The van der Waals surface area contributed by atoms with E-state index < -0.39 is 11.9 Å². The number of hydrogen-bond donors (Lipinski definition) is 0. The molecule has 1 saturated heterocycles. The Morgan fingerprint density at radius 2 is 1.88 bits per heavy atom. The minimum absolute atomic E-state index is 0.0588. The Morgan fingerprint density at radius 3 is 2.46 bits per heavy atom. The number of aromatic nitrogens is 2. The molecule has 3 rings (SSSR count). The lowest BCUT2D eigenvalue weighted by atomic mass is 9.57. The molecule has 2 fully saturated rings. The predicted octanol–water partition coefficient (Wildman–Crippen LogP) is 2.81. The number of anilines is 2. The van der Waals surface area contributed by atoms with E-state index in [1.165, 1.54) is 0 Å². The highest BCUT2D eigenvalue weighted by Crippen LogP contribution is 2.54. The quantitative estimate of drug-likeness (QED) is 0.843. The summed E-state index contributed by atoms with van der Waals surface area (Å²) in [7, 11) is 5.11. The topological polar surface area (TPSA) is 41.5 Å².